The molecule has 2 fully saturated rings. The molecule has 0 unspecified atom stereocenters. The van der Waals surface area contributed by atoms with Crippen LogP contribution in [-0.4, -0.2) is 26.2 Å². The fourth-order valence-corrected chi connectivity index (χ4v) is 5.14. The van der Waals surface area contributed by atoms with Crippen molar-refractivity contribution in [2.24, 2.45) is 11.8 Å². The summed E-state index contributed by atoms with van der Waals surface area (Å²) in [7, 11) is 3.45. The predicted molar refractivity (Wildman–Crippen MR) is 115 cm³/mol. The number of benzene rings is 2. The van der Waals surface area contributed by atoms with Gasteiger partial charge in [-0.2, -0.15) is 0 Å². The maximum Gasteiger partial charge on any atom is 0.258 e. The van der Waals surface area contributed by atoms with Gasteiger partial charge in [0.2, 0.25) is 0 Å². The molecule has 3 atom stereocenters. The van der Waals surface area contributed by atoms with Crippen LogP contribution < -0.4 is 20.1 Å². The molecule has 150 valence electrons. The minimum Gasteiger partial charge on any atom is -0.493 e. The SMILES string of the molecule is COc1ccc(/C=C2\C(=O)N(C)c3ccc(N)cc32)cc1O[C@H]1C[C@@H]2CC[C@H]1C2. The Morgan fingerprint density at radius 1 is 1.10 bits per heavy atom. The van der Waals surface area contributed by atoms with Crippen LogP contribution in [0.5, 0.6) is 11.5 Å². The quantitative estimate of drug-likeness (QED) is 0.622. The highest BCUT2D eigenvalue weighted by atomic mass is 16.5. The van der Waals surface area contributed by atoms with Crippen LogP contribution >= 0.6 is 0 Å². The summed E-state index contributed by atoms with van der Waals surface area (Å²) in [5, 5.41) is 0. The standard InChI is InChI=1S/C24H26N2O3/c1-26-20-7-6-17(25)13-18(20)19(24(26)27)10-15-4-8-21(28-2)23(12-15)29-22-11-14-3-5-16(22)9-14/h4,6-8,10,12-14,16,22H,3,5,9,11,25H2,1-2H3/b19-10-/t14-,16+,22+/m1/s1. The highest BCUT2D eigenvalue weighted by molar-refractivity contribution is 6.35. The van der Waals surface area contributed by atoms with E-state index >= 15 is 0 Å². The summed E-state index contributed by atoms with van der Waals surface area (Å²) >= 11 is 0. The zero-order chi connectivity index (χ0) is 20.1. The number of hydrogen-bond acceptors (Lipinski definition) is 4. The van der Waals surface area contributed by atoms with Crippen LogP contribution in [0.15, 0.2) is 36.4 Å². The van der Waals surface area contributed by atoms with Gasteiger partial charge in [0.15, 0.2) is 11.5 Å². The molecule has 0 radical (unpaired) electrons. The van der Waals surface area contributed by atoms with Gasteiger partial charge in [-0.3, -0.25) is 4.79 Å². The highest BCUT2D eigenvalue weighted by Gasteiger charge is 2.41. The van der Waals surface area contributed by atoms with Crippen molar-refractivity contribution in [3.63, 3.8) is 0 Å². The normalized spacial score (nSPS) is 26.3. The van der Waals surface area contributed by atoms with Gasteiger partial charge in [0, 0.05) is 23.9 Å². The number of fused-ring (bicyclic) bond motifs is 3. The number of methoxy groups -OCH3 is 1. The third kappa shape index (κ3) is 3.05. The second-order valence-electron chi connectivity index (χ2n) is 8.44. The maximum atomic E-state index is 12.8. The summed E-state index contributed by atoms with van der Waals surface area (Å²) in [5.74, 6) is 2.93. The number of ether oxygens (including phenoxy) is 2. The number of anilines is 2. The molecule has 2 aromatic rings. The number of nitrogens with two attached hydrogens (primary N) is 1. The van der Waals surface area contributed by atoms with Gasteiger partial charge in [0.25, 0.3) is 5.91 Å². The average Bonchev–Trinajstić information content (AvgIpc) is 3.39. The Morgan fingerprint density at radius 3 is 2.69 bits per heavy atom. The van der Waals surface area contributed by atoms with Gasteiger partial charge in [-0.05, 0) is 79.5 Å². The van der Waals surface area contributed by atoms with E-state index in [2.05, 4.69) is 0 Å². The Kier molecular flexibility index (Phi) is 4.26. The molecule has 2 aromatic carbocycles. The van der Waals surface area contributed by atoms with Crippen molar-refractivity contribution in [2.45, 2.75) is 31.8 Å². The molecule has 3 aliphatic rings. The Labute approximate surface area is 171 Å². The first kappa shape index (κ1) is 18.1. The van der Waals surface area contributed by atoms with Crippen molar-refractivity contribution in [1.82, 2.24) is 0 Å². The molecular formula is C24H26N2O3. The molecule has 29 heavy (non-hydrogen) atoms. The van der Waals surface area contributed by atoms with Crippen molar-refractivity contribution in [3.05, 3.63) is 47.5 Å². The van der Waals surface area contributed by atoms with Crippen LogP contribution in [0.25, 0.3) is 11.6 Å². The van der Waals surface area contributed by atoms with E-state index in [4.69, 9.17) is 15.2 Å². The van der Waals surface area contributed by atoms with Crippen molar-refractivity contribution >= 4 is 28.9 Å². The molecule has 0 spiro atoms. The monoisotopic (exact) mass is 390 g/mol. The third-order valence-corrected chi connectivity index (χ3v) is 6.66. The Balaban J connectivity index is 1.49. The number of carbonyl (C=O) groups is 1. The van der Waals surface area contributed by atoms with E-state index in [0.717, 1.165) is 40.7 Å². The summed E-state index contributed by atoms with van der Waals surface area (Å²) < 4.78 is 11.9. The van der Waals surface area contributed by atoms with Crippen LogP contribution in [0, 0.1) is 11.8 Å². The maximum absolute atomic E-state index is 12.8. The van der Waals surface area contributed by atoms with Gasteiger partial charge in [-0.15, -0.1) is 0 Å². The number of rotatable bonds is 4. The topological polar surface area (TPSA) is 64.8 Å². The number of nitrogen functional groups attached to an aromatic ring is 1. The highest BCUT2D eigenvalue weighted by Crippen LogP contribution is 2.47. The van der Waals surface area contributed by atoms with Crippen LogP contribution in [-0.2, 0) is 4.79 Å². The molecule has 2 saturated carbocycles. The van der Waals surface area contributed by atoms with Gasteiger partial charge in [0.1, 0.15) is 6.10 Å². The lowest BCUT2D eigenvalue weighted by atomic mass is 9.97. The van der Waals surface area contributed by atoms with Crippen LogP contribution in [0.4, 0.5) is 11.4 Å². The van der Waals surface area contributed by atoms with E-state index in [1.165, 1.54) is 19.3 Å². The van der Waals surface area contributed by atoms with E-state index in [1.807, 2.05) is 42.5 Å². The molecule has 2 aliphatic carbocycles. The lowest BCUT2D eigenvalue weighted by Gasteiger charge is -2.24. The molecule has 1 heterocycles. The predicted octanol–water partition coefficient (Wildman–Crippen LogP) is 4.36. The molecule has 1 amide bonds. The summed E-state index contributed by atoms with van der Waals surface area (Å²) in [4.78, 5) is 14.5. The van der Waals surface area contributed by atoms with Gasteiger partial charge in [-0.1, -0.05) is 6.07 Å². The Morgan fingerprint density at radius 2 is 1.97 bits per heavy atom. The van der Waals surface area contributed by atoms with E-state index in [1.54, 1.807) is 19.1 Å². The fraction of sp³-hybridized carbons (Fsp3) is 0.375. The molecule has 1 aliphatic heterocycles. The van der Waals surface area contributed by atoms with Gasteiger partial charge >= 0.3 is 0 Å². The number of nitrogens with zero attached hydrogens (tertiary/aromatic N) is 1. The molecular weight excluding hydrogens is 364 g/mol. The zero-order valence-electron chi connectivity index (χ0n) is 16.9. The number of carbonyl (C=O) groups excluding carboxylic acids is 1. The minimum absolute atomic E-state index is 0.0306. The number of likely N-dealkylation sites (N-methyl/N-ethyl adjacent to an activating group) is 1. The van der Waals surface area contributed by atoms with E-state index < -0.39 is 0 Å². The minimum atomic E-state index is -0.0306. The largest absolute Gasteiger partial charge is 0.493 e. The lowest BCUT2D eigenvalue weighted by molar-refractivity contribution is -0.112. The summed E-state index contributed by atoms with van der Waals surface area (Å²) in [5.41, 5.74) is 9.91. The molecule has 5 nitrogen and oxygen atoms in total. The Bertz CT molecular complexity index is 1010. The van der Waals surface area contributed by atoms with Crippen molar-refractivity contribution < 1.29 is 14.3 Å². The lowest BCUT2D eigenvalue weighted by Crippen LogP contribution is -2.23. The average molecular weight is 390 g/mol. The van der Waals surface area contributed by atoms with Crippen molar-refractivity contribution in [2.75, 3.05) is 24.8 Å². The fourth-order valence-electron chi connectivity index (χ4n) is 5.14. The molecule has 2 bridgehead atoms. The molecule has 5 rings (SSSR count). The van der Waals surface area contributed by atoms with Crippen LogP contribution in [0.1, 0.15) is 36.8 Å². The van der Waals surface area contributed by atoms with E-state index in [9.17, 15) is 4.79 Å². The zero-order valence-corrected chi connectivity index (χ0v) is 16.9. The Hall–Kier alpha value is -2.95. The van der Waals surface area contributed by atoms with E-state index in [-0.39, 0.29) is 12.0 Å². The summed E-state index contributed by atoms with van der Waals surface area (Å²) in [6, 6.07) is 11.4. The first-order valence-electron chi connectivity index (χ1n) is 10.3. The molecule has 0 saturated heterocycles. The van der Waals surface area contributed by atoms with Gasteiger partial charge in [-0.25, -0.2) is 0 Å². The molecule has 0 aromatic heterocycles. The number of amides is 1. The van der Waals surface area contributed by atoms with E-state index in [0.29, 0.717) is 17.2 Å². The first-order chi connectivity index (χ1) is 14.0. The van der Waals surface area contributed by atoms with Crippen LogP contribution in [0.2, 0.25) is 0 Å². The number of hydrogen-bond donors (Lipinski definition) is 1. The van der Waals surface area contributed by atoms with Crippen molar-refractivity contribution in [3.8, 4) is 11.5 Å². The molecule has 5 heteroatoms. The van der Waals surface area contributed by atoms with Crippen LogP contribution in [0.3, 0.4) is 0 Å². The third-order valence-electron chi connectivity index (χ3n) is 6.66. The molecule has 2 N–H and O–H groups in total. The van der Waals surface area contributed by atoms with Gasteiger partial charge in [0.05, 0.1) is 12.8 Å². The smallest absolute Gasteiger partial charge is 0.258 e. The van der Waals surface area contributed by atoms with Gasteiger partial charge < -0.3 is 20.1 Å². The second-order valence-corrected chi connectivity index (χ2v) is 8.44. The van der Waals surface area contributed by atoms with Crippen molar-refractivity contribution in [1.29, 1.82) is 0 Å². The summed E-state index contributed by atoms with van der Waals surface area (Å²) in [6.45, 7) is 0. The second kappa shape index (κ2) is 6.83. The summed E-state index contributed by atoms with van der Waals surface area (Å²) in [6.07, 6.45) is 7.21. The first-order valence-corrected chi connectivity index (χ1v) is 10.3.